The summed E-state index contributed by atoms with van der Waals surface area (Å²) in [7, 11) is 0. The summed E-state index contributed by atoms with van der Waals surface area (Å²) in [5.74, 6) is -0.237. The number of fused-ring (bicyclic) bond motifs is 1. The van der Waals surface area contributed by atoms with Gasteiger partial charge in [-0.3, -0.25) is 10.2 Å². The Hall–Kier alpha value is -2.95. The third-order valence-corrected chi connectivity index (χ3v) is 6.18. The first-order valence-electron chi connectivity index (χ1n) is 11.3. The van der Waals surface area contributed by atoms with Gasteiger partial charge < -0.3 is 10.3 Å². The Morgan fingerprint density at radius 3 is 2.48 bits per heavy atom. The van der Waals surface area contributed by atoms with Crippen molar-refractivity contribution in [3.05, 3.63) is 70.3 Å². The summed E-state index contributed by atoms with van der Waals surface area (Å²) in [4.78, 5) is 16.4. The number of nitrogens with one attached hydrogen (secondary N) is 1. The van der Waals surface area contributed by atoms with Crippen LogP contribution in [0.3, 0.4) is 0 Å². The van der Waals surface area contributed by atoms with Gasteiger partial charge in [-0.2, -0.15) is 0 Å². The fourth-order valence-electron chi connectivity index (χ4n) is 4.16. The molecule has 164 valence electrons. The molecule has 0 saturated carbocycles. The first-order valence-corrected chi connectivity index (χ1v) is 11.3. The van der Waals surface area contributed by atoms with Crippen molar-refractivity contribution < 1.29 is 4.79 Å². The van der Waals surface area contributed by atoms with Crippen LogP contribution in [0.15, 0.2) is 42.5 Å². The van der Waals surface area contributed by atoms with Gasteiger partial charge in [-0.25, -0.2) is 4.98 Å². The lowest BCUT2D eigenvalue weighted by Gasteiger charge is -2.21. The number of benzene rings is 2. The molecule has 2 aromatic carbocycles. The molecule has 5 nitrogen and oxygen atoms in total. The Morgan fingerprint density at radius 2 is 1.81 bits per heavy atom. The Morgan fingerprint density at radius 1 is 1.10 bits per heavy atom. The first kappa shape index (κ1) is 22.7. The van der Waals surface area contributed by atoms with E-state index in [9.17, 15) is 4.79 Å². The summed E-state index contributed by atoms with van der Waals surface area (Å²) in [6, 6.07) is 14.6. The lowest BCUT2D eigenvalue weighted by atomic mass is 9.93. The zero-order chi connectivity index (χ0) is 22.4. The lowest BCUT2D eigenvalue weighted by Crippen LogP contribution is -2.33. The van der Waals surface area contributed by atoms with Gasteiger partial charge in [0.1, 0.15) is 0 Å². The molecule has 0 fully saturated rings. The van der Waals surface area contributed by atoms with Crippen LogP contribution in [0.25, 0.3) is 11.0 Å². The highest BCUT2D eigenvalue weighted by atomic mass is 16.1. The second-order valence-corrected chi connectivity index (χ2v) is 8.60. The Kier molecular flexibility index (Phi) is 7.61. The average molecular weight is 419 g/mol. The van der Waals surface area contributed by atoms with E-state index in [-0.39, 0.29) is 11.2 Å². The number of amides is 1. The lowest BCUT2D eigenvalue weighted by molar-refractivity contribution is 0.0993. The van der Waals surface area contributed by atoms with E-state index in [0.29, 0.717) is 12.5 Å². The topological polar surface area (TPSA) is 84.8 Å². The van der Waals surface area contributed by atoms with Gasteiger partial charge in [0.25, 0.3) is 5.91 Å². The molecule has 0 saturated heterocycles. The van der Waals surface area contributed by atoms with E-state index in [1.807, 2.05) is 23.6 Å². The number of hydrogen-bond acceptors (Lipinski definition) is 3. The number of nitrogens with zero attached hydrogens (tertiary/aromatic N) is 2. The van der Waals surface area contributed by atoms with Crippen LogP contribution in [0.5, 0.6) is 0 Å². The van der Waals surface area contributed by atoms with Crippen LogP contribution in [-0.4, -0.2) is 15.5 Å². The molecule has 3 aromatic rings. The molecule has 0 aliphatic carbocycles. The SMILES string of the molecule is CCCCCC(CCc1ccccc1)Cn1c(=N)c(C(N)=O)nc2cc(C)c(C)cc21. The molecule has 0 bridgehead atoms. The number of unbranched alkanes of at least 4 members (excludes halogenated alkanes) is 2. The quantitative estimate of drug-likeness (QED) is 0.451. The third kappa shape index (κ3) is 5.60. The summed E-state index contributed by atoms with van der Waals surface area (Å²) < 4.78 is 1.95. The van der Waals surface area contributed by atoms with E-state index in [1.165, 1.54) is 24.8 Å². The highest BCUT2D eigenvalue weighted by molar-refractivity contribution is 5.92. The normalized spacial score (nSPS) is 12.2. The second-order valence-electron chi connectivity index (χ2n) is 8.60. The molecule has 3 rings (SSSR count). The summed E-state index contributed by atoms with van der Waals surface area (Å²) >= 11 is 0. The van der Waals surface area contributed by atoms with E-state index >= 15 is 0 Å². The molecule has 0 radical (unpaired) electrons. The predicted octanol–water partition coefficient (Wildman–Crippen LogP) is 5.06. The number of hydrogen-bond donors (Lipinski definition) is 2. The van der Waals surface area contributed by atoms with E-state index in [1.54, 1.807) is 0 Å². The molecule has 1 unspecified atom stereocenters. The smallest absolute Gasteiger partial charge is 0.271 e. The Bertz CT molecular complexity index is 1100. The molecule has 1 atom stereocenters. The Balaban J connectivity index is 1.98. The van der Waals surface area contributed by atoms with E-state index in [0.717, 1.165) is 41.4 Å². The van der Waals surface area contributed by atoms with Gasteiger partial charge in [-0.05, 0) is 67.9 Å². The minimum Gasteiger partial charge on any atom is -0.364 e. The van der Waals surface area contributed by atoms with E-state index in [4.69, 9.17) is 11.1 Å². The third-order valence-electron chi connectivity index (χ3n) is 6.18. The zero-order valence-electron chi connectivity index (χ0n) is 18.9. The number of carbonyl (C=O) groups excluding carboxylic acids is 1. The van der Waals surface area contributed by atoms with Gasteiger partial charge in [-0.15, -0.1) is 0 Å². The minimum atomic E-state index is -0.648. The average Bonchev–Trinajstić information content (AvgIpc) is 2.75. The van der Waals surface area contributed by atoms with Crippen LogP contribution < -0.4 is 11.2 Å². The van der Waals surface area contributed by atoms with Crippen molar-refractivity contribution in [3.8, 4) is 0 Å². The standard InChI is InChI=1S/C26H34N4O/c1-4-5-7-12-21(14-13-20-10-8-6-9-11-20)17-30-23-16-19(3)18(2)15-22(23)29-24(25(30)27)26(28)31/h6,8-11,15-16,21,27H,4-5,7,12-14,17H2,1-3H3,(H2,28,31). The molecule has 0 aliphatic rings. The van der Waals surface area contributed by atoms with Gasteiger partial charge >= 0.3 is 0 Å². The molecule has 31 heavy (non-hydrogen) atoms. The first-order chi connectivity index (χ1) is 14.9. The molecule has 1 amide bonds. The van der Waals surface area contributed by atoms with Gasteiger partial charge in [0.05, 0.1) is 11.0 Å². The van der Waals surface area contributed by atoms with Gasteiger partial charge in [-0.1, -0.05) is 56.5 Å². The maximum Gasteiger partial charge on any atom is 0.271 e. The molecule has 0 spiro atoms. The highest BCUT2D eigenvalue weighted by Gasteiger charge is 2.17. The van der Waals surface area contributed by atoms with Crippen molar-refractivity contribution >= 4 is 16.9 Å². The summed E-state index contributed by atoms with van der Waals surface area (Å²) in [5, 5.41) is 8.69. The van der Waals surface area contributed by atoms with E-state index in [2.05, 4.69) is 49.2 Å². The van der Waals surface area contributed by atoms with Crippen molar-refractivity contribution in [1.29, 1.82) is 5.41 Å². The molecule has 1 heterocycles. The Labute approximate surface area is 184 Å². The number of primary amides is 1. The minimum absolute atomic E-state index is 0.0473. The van der Waals surface area contributed by atoms with E-state index < -0.39 is 5.91 Å². The monoisotopic (exact) mass is 418 g/mol. The van der Waals surface area contributed by atoms with Crippen LogP contribution >= 0.6 is 0 Å². The molecule has 0 aliphatic heterocycles. The van der Waals surface area contributed by atoms with Crippen molar-refractivity contribution in [2.45, 2.75) is 65.8 Å². The van der Waals surface area contributed by atoms with Crippen LogP contribution in [0.2, 0.25) is 0 Å². The van der Waals surface area contributed by atoms with Crippen molar-refractivity contribution in [2.24, 2.45) is 11.7 Å². The van der Waals surface area contributed by atoms with Crippen molar-refractivity contribution in [1.82, 2.24) is 9.55 Å². The largest absolute Gasteiger partial charge is 0.364 e. The fourth-order valence-corrected chi connectivity index (χ4v) is 4.16. The number of aromatic nitrogens is 2. The summed E-state index contributed by atoms with van der Waals surface area (Å²) in [5.41, 5.74) is 11.0. The molecular weight excluding hydrogens is 384 g/mol. The molecular formula is C26H34N4O. The maximum absolute atomic E-state index is 12.0. The van der Waals surface area contributed by atoms with Crippen LogP contribution in [0.4, 0.5) is 0 Å². The van der Waals surface area contributed by atoms with Crippen LogP contribution in [-0.2, 0) is 13.0 Å². The van der Waals surface area contributed by atoms with Crippen molar-refractivity contribution in [3.63, 3.8) is 0 Å². The second kappa shape index (κ2) is 10.4. The predicted molar refractivity (Wildman–Crippen MR) is 126 cm³/mol. The van der Waals surface area contributed by atoms with Gasteiger partial charge in [0.2, 0.25) is 0 Å². The number of aryl methyl sites for hydroxylation is 3. The molecule has 3 N–H and O–H groups in total. The highest BCUT2D eigenvalue weighted by Crippen LogP contribution is 2.22. The van der Waals surface area contributed by atoms with Gasteiger partial charge in [0.15, 0.2) is 11.2 Å². The molecule has 5 heteroatoms. The van der Waals surface area contributed by atoms with Gasteiger partial charge in [0, 0.05) is 6.54 Å². The number of carbonyl (C=O) groups is 1. The zero-order valence-corrected chi connectivity index (χ0v) is 18.9. The van der Waals surface area contributed by atoms with Crippen LogP contribution in [0.1, 0.15) is 66.2 Å². The maximum atomic E-state index is 12.0. The summed E-state index contributed by atoms with van der Waals surface area (Å²) in [6.07, 6.45) is 6.73. The summed E-state index contributed by atoms with van der Waals surface area (Å²) in [6.45, 7) is 7.01. The van der Waals surface area contributed by atoms with Crippen LogP contribution in [0, 0.1) is 25.2 Å². The number of rotatable bonds is 10. The van der Waals surface area contributed by atoms with Crippen molar-refractivity contribution in [2.75, 3.05) is 0 Å². The number of nitrogens with two attached hydrogens (primary N) is 1. The fraction of sp³-hybridized carbons (Fsp3) is 0.423. The molecule has 1 aromatic heterocycles.